The van der Waals surface area contributed by atoms with Crippen LogP contribution in [0.1, 0.15) is 25.7 Å². The highest BCUT2D eigenvalue weighted by atomic mass is 16.3. The second-order valence-electron chi connectivity index (χ2n) is 5.26. The quantitative estimate of drug-likeness (QED) is 0.708. The minimum atomic E-state index is -0.334. The molecule has 2 amide bonds. The van der Waals surface area contributed by atoms with Crippen LogP contribution >= 0.6 is 0 Å². The van der Waals surface area contributed by atoms with Crippen molar-refractivity contribution in [2.45, 2.75) is 31.7 Å². The van der Waals surface area contributed by atoms with Crippen molar-refractivity contribution in [1.82, 2.24) is 9.80 Å². The van der Waals surface area contributed by atoms with Crippen molar-refractivity contribution in [3.8, 4) is 0 Å². The van der Waals surface area contributed by atoms with Gasteiger partial charge in [-0.15, -0.1) is 6.58 Å². The predicted molar refractivity (Wildman–Crippen MR) is 71.3 cm³/mol. The highest BCUT2D eigenvalue weighted by molar-refractivity contribution is 5.90. The maximum absolute atomic E-state index is 12.5. The van der Waals surface area contributed by atoms with Crippen molar-refractivity contribution >= 4 is 11.8 Å². The first-order valence-corrected chi connectivity index (χ1v) is 7.00. The van der Waals surface area contributed by atoms with Crippen molar-refractivity contribution in [2.75, 3.05) is 26.2 Å². The zero-order valence-corrected chi connectivity index (χ0v) is 11.3. The normalized spacial score (nSPS) is 22.4. The van der Waals surface area contributed by atoms with Crippen LogP contribution in [0.25, 0.3) is 0 Å². The van der Waals surface area contributed by atoms with Crippen LogP contribution in [0.3, 0.4) is 0 Å². The number of hydrogen-bond acceptors (Lipinski definition) is 3. The Hall–Kier alpha value is -1.36. The Labute approximate surface area is 113 Å². The number of likely N-dealkylation sites (tertiary alicyclic amines) is 1. The lowest BCUT2D eigenvalue weighted by Crippen LogP contribution is -2.49. The van der Waals surface area contributed by atoms with Gasteiger partial charge in [0.1, 0.15) is 6.04 Å². The van der Waals surface area contributed by atoms with Crippen molar-refractivity contribution in [2.24, 2.45) is 5.92 Å². The molecule has 1 unspecified atom stereocenters. The molecule has 2 fully saturated rings. The molecule has 1 aliphatic heterocycles. The molecular formula is C14H22N2O3. The second-order valence-corrected chi connectivity index (χ2v) is 5.26. The van der Waals surface area contributed by atoms with Crippen molar-refractivity contribution in [1.29, 1.82) is 0 Å². The number of carbonyl (C=O) groups excluding carboxylic acids is 2. The maximum atomic E-state index is 12.5. The highest BCUT2D eigenvalue weighted by Crippen LogP contribution is 2.34. The first kappa shape index (κ1) is 14.1. The zero-order chi connectivity index (χ0) is 13.8. The predicted octanol–water partition coefficient (Wildman–Crippen LogP) is 0.394. The van der Waals surface area contributed by atoms with Gasteiger partial charge >= 0.3 is 0 Å². The minimum absolute atomic E-state index is 0.0551. The molecular weight excluding hydrogens is 244 g/mol. The summed E-state index contributed by atoms with van der Waals surface area (Å²) in [6, 6.07) is -0.334. The molecule has 2 aliphatic rings. The van der Waals surface area contributed by atoms with E-state index >= 15 is 0 Å². The zero-order valence-electron chi connectivity index (χ0n) is 11.3. The van der Waals surface area contributed by atoms with Crippen molar-refractivity contribution < 1.29 is 14.7 Å². The Morgan fingerprint density at radius 3 is 2.68 bits per heavy atom. The van der Waals surface area contributed by atoms with E-state index in [9.17, 15) is 9.59 Å². The van der Waals surface area contributed by atoms with Crippen LogP contribution in [0, 0.1) is 5.92 Å². The highest BCUT2D eigenvalue weighted by Gasteiger charge is 2.41. The van der Waals surface area contributed by atoms with Gasteiger partial charge in [-0.3, -0.25) is 9.59 Å². The molecule has 0 aromatic heterocycles. The number of hydrogen-bond donors (Lipinski definition) is 1. The summed E-state index contributed by atoms with van der Waals surface area (Å²) in [4.78, 5) is 27.9. The van der Waals surface area contributed by atoms with Gasteiger partial charge in [0.05, 0.1) is 6.61 Å². The number of nitrogens with zero attached hydrogens (tertiary/aromatic N) is 2. The molecule has 0 spiro atoms. The first-order chi connectivity index (χ1) is 9.19. The monoisotopic (exact) mass is 266 g/mol. The van der Waals surface area contributed by atoms with Crippen LogP contribution in [0.2, 0.25) is 0 Å². The van der Waals surface area contributed by atoms with Gasteiger partial charge in [-0.25, -0.2) is 0 Å². The maximum Gasteiger partial charge on any atom is 0.245 e. The van der Waals surface area contributed by atoms with Gasteiger partial charge in [-0.2, -0.15) is 0 Å². The number of amides is 2. The molecule has 0 aromatic carbocycles. The van der Waals surface area contributed by atoms with Gasteiger partial charge in [0.2, 0.25) is 11.8 Å². The van der Waals surface area contributed by atoms with E-state index in [0.29, 0.717) is 19.6 Å². The summed E-state index contributed by atoms with van der Waals surface area (Å²) in [5, 5.41) is 9.02. The Balaban J connectivity index is 2.02. The average Bonchev–Trinajstić information content (AvgIpc) is 3.14. The molecule has 0 radical (unpaired) electrons. The molecule has 2 rings (SSSR count). The number of aliphatic hydroxyl groups is 1. The Morgan fingerprint density at radius 1 is 1.37 bits per heavy atom. The van der Waals surface area contributed by atoms with E-state index in [2.05, 4.69) is 6.58 Å². The van der Waals surface area contributed by atoms with Crippen LogP contribution in [-0.2, 0) is 9.59 Å². The molecule has 5 nitrogen and oxygen atoms in total. The third-order valence-electron chi connectivity index (χ3n) is 3.78. The summed E-state index contributed by atoms with van der Waals surface area (Å²) in [5.74, 6) is 0.234. The Morgan fingerprint density at radius 2 is 2.11 bits per heavy atom. The summed E-state index contributed by atoms with van der Waals surface area (Å²) in [6.45, 7) is 4.97. The van der Waals surface area contributed by atoms with Crippen LogP contribution in [0.5, 0.6) is 0 Å². The largest absolute Gasteiger partial charge is 0.395 e. The van der Waals surface area contributed by atoms with Gasteiger partial charge in [0.25, 0.3) is 0 Å². The fourth-order valence-corrected chi connectivity index (χ4v) is 2.63. The van der Waals surface area contributed by atoms with Gasteiger partial charge < -0.3 is 14.9 Å². The molecule has 0 bridgehead atoms. The van der Waals surface area contributed by atoms with Gasteiger partial charge in [-0.1, -0.05) is 6.08 Å². The van der Waals surface area contributed by atoms with Crippen molar-refractivity contribution in [3.05, 3.63) is 12.7 Å². The molecule has 1 atom stereocenters. The Kier molecular flexibility index (Phi) is 4.58. The third-order valence-corrected chi connectivity index (χ3v) is 3.78. The molecule has 106 valence electrons. The van der Waals surface area contributed by atoms with Crippen LogP contribution in [0.15, 0.2) is 12.7 Å². The SMILES string of the molecule is C=CCN(CCO)C(=O)C1CCCN1C(=O)C1CC1. The molecule has 1 saturated heterocycles. The van der Waals surface area contributed by atoms with E-state index in [1.54, 1.807) is 15.9 Å². The summed E-state index contributed by atoms with van der Waals surface area (Å²) in [6.07, 6.45) is 5.19. The van der Waals surface area contributed by atoms with E-state index in [1.807, 2.05) is 0 Å². The summed E-state index contributed by atoms with van der Waals surface area (Å²) in [7, 11) is 0. The second kappa shape index (κ2) is 6.19. The number of carbonyl (C=O) groups is 2. The summed E-state index contributed by atoms with van der Waals surface area (Å²) in [5.41, 5.74) is 0. The lowest BCUT2D eigenvalue weighted by molar-refractivity contribution is -0.144. The summed E-state index contributed by atoms with van der Waals surface area (Å²) >= 11 is 0. The lowest BCUT2D eigenvalue weighted by Gasteiger charge is -2.29. The van der Waals surface area contributed by atoms with Gasteiger partial charge in [-0.05, 0) is 25.7 Å². The van der Waals surface area contributed by atoms with Gasteiger partial charge in [0, 0.05) is 25.6 Å². The molecule has 5 heteroatoms. The molecule has 19 heavy (non-hydrogen) atoms. The smallest absolute Gasteiger partial charge is 0.245 e. The summed E-state index contributed by atoms with van der Waals surface area (Å²) < 4.78 is 0. The first-order valence-electron chi connectivity index (χ1n) is 7.00. The fourth-order valence-electron chi connectivity index (χ4n) is 2.63. The van der Waals surface area contributed by atoms with E-state index in [0.717, 1.165) is 25.7 Å². The van der Waals surface area contributed by atoms with E-state index in [1.165, 1.54) is 0 Å². The van der Waals surface area contributed by atoms with Crippen LogP contribution < -0.4 is 0 Å². The average molecular weight is 266 g/mol. The van der Waals surface area contributed by atoms with E-state index in [4.69, 9.17) is 5.11 Å². The number of aliphatic hydroxyl groups excluding tert-OH is 1. The standard InChI is InChI=1S/C14H22N2O3/c1-2-7-15(9-10-17)14(19)12-4-3-8-16(12)13(18)11-5-6-11/h2,11-12,17H,1,3-10H2. The number of rotatable bonds is 6. The van der Waals surface area contributed by atoms with Gasteiger partial charge in [0.15, 0.2) is 0 Å². The molecule has 1 saturated carbocycles. The molecule has 1 aliphatic carbocycles. The molecule has 1 N–H and O–H groups in total. The van der Waals surface area contributed by atoms with Crippen LogP contribution in [0.4, 0.5) is 0 Å². The third kappa shape index (κ3) is 3.15. The van der Waals surface area contributed by atoms with Crippen molar-refractivity contribution in [3.63, 3.8) is 0 Å². The Bertz CT molecular complexity index is 366. The lowest BCUT2D eigenvalue weighted by atomic mass is 10.1. The van der Waals surface area contributed by atoms with E-state index in [-0.39, 0.29) is 30.4 Å². The molecule has 1 heterocycles. The minimum Gasteiger partial charge on any atom is -0.395 e. The van der Waals surface area contributed by atoms with Crippen LogP contribution in [-0.4, -0.2) is 59.0 Å². The fraction of sp³-hybridized carbons (Fsp3) is 0.714. The topological polar surface area (TPSA) is 60.9 Å². The van der Waals surface area contributed by atoms with E-state index < -0.39 is 0 Å². The molecule has 0 aromatic rings.